The lowest BCUT2D eigenvalue weighted by Crippen LogP contribution is -1.98. The predicted octanol–water partition coefficient (Wildman–Crippen LogP) is 4.55. The molecule has 0 atom stereocenters. The molecule has 2 rings (SSSR count). The number of ether oxygens (including phenoxy) is 1. The number of benzene rings is 1. The third-order valence-corrected chi connectivity index (χ3v) is 3.44. The fraction of sp³-hybridized carbons (Fsp3) is 0.286. The van der Waals surface area contributed by atoms with E-state index in [9.17, 15) is 4.39 Å². The van der Waals surface area contributed by atoms with Crippen molar-refractivity contribution in [1.82, 2.24) is 9.97 Å². The molecular weight excluding hydrogens is 302 g/mol. The zero-order valence-corrected chi connectivity index (χ0v) is 12.6. The third-order valence-electron chi connectivity index (χ3n) is 2.82. The molecule has 0 fully saturated rings. The number of hydrogen-bond acceptors (Lipinski definition) is 3. The molecule has 2 aromatic rings. The Hall–Kier alpha value is -1.39. The molecule has 0 radical (unpaired) electrons. The van der Waals surface area contributed by atoms with Crippen LogP contribution in [0, 0.1) is 5.82 Å². The van der Waals surface area contributed by atoms with Crippen LogP contribution in [-0.4, -0.2) is 17.1 Å². The van der Waals surface area contributed by atoms with Gasteiger partial charge in [-0.25, -0.2) is 14.4 Å². The van der Waals surface area contributed by atoms with E-state index < -0.39 is 5.82 Å². The van der Waals surface area contributed by atoms with Gasteiger partial charge >= 0.3 is 0 Å². The van der Waals surface area contributed by atoms with Gasteiger partial charge in [0.25, 0.3) is 0 Å². The Morgan fingerprint density at radius 3 is 2.40 bits per heavy atom. The van der Waals surface area contributed by atoms with Gasteiger partial charge < -0.3 is 4.74 Å². The smallest absolute Gasteiger partial charge is 0.165 e. The van der Waals surface area contributed by atoms with Crippen LogP contribution in [0.15, 0.2) is 18.2 Å². The molecule has 0 amide bonds. The second-order valence-electron chi connectivity index (χ2n) is 4.21. The summed E-state index contributed by atoms with van der Waals surface area (Å²) in [6.07, 6.45) is 1.61. The van der Waals surface area contributed by atoms with E-state index in [0.717, 1.165) is 12.0 Å². The van der Waals surface area contributed by atoms with Gasteiger partial charge in [-0.05, 0) is 24.6 Å². The van der Waals surface area contributed by atoms with Crippen LogP contribution in [0.3, 0.4) is 0 Å². The molecule has 0 aliphatic rings. The molecule has 3 nitrogen and oxygen atoms in total. The van der Waals surface area contributed by atoms with Crippen molar-refractivity contribution in [2.24, 2.45) is 0 Å². The minimum absolute atomic E-state index is 0.121. The standard InChI is InChI=1S/C14H13Cl2FN2O/c1-3-4-9-12(15)18-14(19-13(9)16)8-5-6-10(17)11(7-8)20-2/h5-7H,3-4H2,1-2H3. The van der Waals surface area contributed by atoms with Gasteiger partial charge in [-0.2, -0.15) is 0 Å². The molecule has 1 heterocycles. The van der Waals surface area contributed by atoms with Crippen LogP contribution < -0.4 is 4.74 Å². The van der Waals surface area contributed by atoms with Crippen LogP contribution >= 0.6 is 23.2 Å². The molecule has 0 unspecified atom stereocenters. The van der Waals surface area contributed by atoms with Crippen molar-refractivity contribution < 1.29 is 9.13 Å². The van der Waals surface area contributed by atoms with Crippen LogP contribution in [0.25, 0.3) is 11.4 Å². The fourth-order valence-electron chi connectivity index (χ4n) is 1.82. The molecule has 0 N–H and O–H groups in total. The first-order chi connectivity index (χ1) is 9.56. The SMILES string of the molecule is CCCc1c(Cl)nc(-c2ccc(F)c(OC)c2)nc1Cl. The van der Waals surface area contributed by atoms with Crippen molar-refractivity contribution in [1.29, 1.82) is 0 Å². The van der Waals surface area contributed by atoms with E-state index in [1.54, 1.807) is 6.07 Å². The van der Waals surface area contributed by atoms with Crippen molar-refractivity contribution in [2.75, 3.05) is 7.11 Å². The van der Waals surface area contributed by atoms with Gasteiger partial charge in [-0.15, -0.1) is 0 Å². The summed E-state index contributed by atoms with van der Waals surface area (Å²) < 4.78 is 18.3. The Labute approximate surface area is 126 Å². The monoisotopic (exact) mass is 314 g/mol. The van der Waals surface area contributed by atoms with Crippen molar-refractivity contribution in [2.45, 2.75) is 19.8 Å². The second kappa shape index (κ2) is 6.37. The largest absolute Gasteiger partial charge is 0.494 e. The maximum absolute atomic E-state index is 13.4. The summed E-state index contributed by atoms with van der Waals surface area (Å²) in [6.45, 7) is 2.02. The molecule has 0 aliphatic heterocycles. The van der Waals surface area contributed by atoms with Crippen LogP contribution in [0.1, 0.15) is 18.9 Å². The molecule has 0 saturated carbocycles. The summed E-state index contributed by atoms with van der Waals surface area (Å²) in [4.78, 5) is 8.44. The summed E-state index contributed by atoms with van der Waals surface area (Å²) >= 11 is 12.3. The first-order valence-electron chi connectivity index (χ1n) is 6.12. The molecule has 0 spiro atoms. The highest BCUT2D eigenvalue weighted by molar-refractivity contribution is 6.34. The fourth-order valence-corrected chi connectivity index (χ4v) is 2.39. The number of rotatable bonds is 4. The highest BCUT2D eigenvalue weighted by Crippen LogP contribution is 2.29. The van der Waals surface area contributed by atoms with Crippen LogP contribution in [0.4, 0.5) is 4.39 Å². The molecular formula is C14H13Cl2FN2O. The van der Waals surface area contributed by atoms with Crippen molar-refractivity contribution >= 4 is 23.2 Å². The molecule has 0 bridgehead atoms. The highest BCUT2D eigenvalue weighted by Gasteiger charge is 2.13. The first-order valence-corrected chi connectivity index (χ1v) is 6.88. The lowest BCUT2D eigenvalue weighted by molar-refractivity contribution is 0.387. The molecule has 0 aliphatic carbocycles. The number of halogens is 3. The van der Waals surface area contributed by atoms with E-state index >= 15 is 0 Å². The average molecular weight is 315 g/mol. The van der Waals surface area contributed by atoms with Gasteiger partial charge in [-0.3, -0.25) is 0 Å². The molecule has 1 aromatic carbocycles. The summed E-state index contributed by atoms with van der Waals surface area (Å²) in [5.41, 5.74) is 1.32. The maximum Gasteiger partial charge on any atom is 0.165 e. The Morgan fingerprint density at radius 2 is 1.85 bits per heavy atom. The number of methoxy groups -OCH3 is 1. The summed E-state index contributed by atoms with van der Waals surface area (Å²) in [5, 5.41) is 0.648. The van der Waals surface area contributed by atoms with E-state index in [1.165, 1.54) is 19.2 Å². The third kappa shape index (κ3) is 3.02. The molecule has 6 heteroatoms. The van der Waals surface area contributed by atoms with Crippen molar-refractivity contribution in [3.8, 4) is 17.1 Å². The molecule has 106 valence electrons. The van der Waals surface area contributed by atoms with Crippen LogP contribution in [0.5, 0.6) is 5.75 Å². The van der Waals surface area contributed by atoms with E-state index in [1.807, 2.05) is 6.92 Å². The maximum atomic E-state index is 13.4. The minimum atomic E-state index is -0.448. The summed E-state index contributed by atoms with van der Waals surface area (Å²) in [6, 6.07) is 4.36. The van der Waals surface area contributed by atoms with Gasteiger partial charge in [-0.1, -0.05) is 36.5 Å². The van der Waals surface area contributed by atoms with Gasteiger partial charge in [0.15, 0.2) is 17.4 Å². The van der Waals surface area contributed by atoms with Crippen molar-refractivity contribution in [3.05, 3.63) is 39.9 Å². The summed E-state index contributed by atoms with van der Waals surface area (Å²) in [5.74, 6) is 0.0187. The van der Waals surface area contributed by atoms with Crippen molar-refractivity contribution in [3.63, 3.8) is 0 Å². The van der Waals surface area contributed by atoms with E-state index in [4.69, 9.17) is 27.9 Å². The van der Waals surface area contributed by atoms with Gasteiger partial charge in [0.2, 0.25) is 0 Å². The Bertz CT molecular complexity index is 612. The molecule has 0 saturated heterocycles. The van der Waals surface area contributed by atoms with Gasteiger partial charge in [0, 0.05) is 11.1 Å². The lowest BCUT2D eigenvalue weighted by Gasteiger charge is -2.09. The topological polar surface area (TPSA) is 35.0 Å². The zero-order valence-electron chi connectivity index (χ0n) is 11.1. The number of nitrogens with zero attached hydrogens (tertiary/aromatic N) is 2. The molecule has 20 heavy (non-hydrogen) atoms. The zero-order chi connectivity index (χ0) is 14.7. The first kappa shape index (κ1) is 15.0. The van der Waals surface area contributed by atoms with Gasteiger partial charge in [0.1, 0.15) is 10.3 Å². The minimum Gasteiger partial charge on any atom is -0.494 e. The second-order valence-corrected chi connectivity index (χ2v) is 4.92. The lowest BCUT2D eigenvalue weighted by atomic mass is 10.1. The predicted molar refractivity (Wildman–Crippen MR) is 78.0 cm³/mol. The summed E-state index contributed by atoms with van der Waals surface area (Å²) in [7, 11) is 1.40. The number of aromatic nitrogens is 2. The van der Waals surface area contributed by atoms with Gasteiger partial charge in [0.05, 0.1) is 7.11 Å². The Balaban J connectivity index is 2.48. The van der Waals surface area contributed by atoms with E-state index in [-0.39, 0.29) is 5.75 Å². The number of hydrogen-bond donors (Lipinski definition) is 0. The molecule has 1 aromatic heterocycles. The highest BCUT2D eigenvalue weighted by atomic mass is 35.5. The Morgan fingerprint density at radius 1 is 1.20 bits per heavy atom. The normalized spacial score (nSPS) is 10.7. The van der Waals surface area contributed by atoms with Crippen LogP contribution in [0.2, 0.25) is 10.3 Å². The average Bonchev–Trinajstić information content (AvgIpc) is 2.43. The van der Waals surface area contributed by atoms with E-state index in [2.05, 4.69) is 9.97 Å². The Kier molecular flexibility index (Phi) is 4.78. The van der Waals surface area contributed by atoms with Crippen LogP contribution in [-0.2, 0) is 6.42 Å². The quantitative estimate of drug-likeness (QED) is 0.776. The van der Waals surface area contributed by atoms with E-state index in [0.29, 0.717) is 28.1 Å².